The number of carbonyl (C=O) groups is 1. The molecular weight excluding hydrogens is 382 g/mol. The zero-order chi connectivity index (χ0) is 15.4. The smallest absolute Gasteiger partial charge is 0.236 e. The number of phenolic OH excluding ortho intramolecular Hbond substituents is 1. The van der Waals surface area contributed by atoms with Crippen LogP contribution in [0.5, 0.6) is 11.5 Å². The van der Waals surface area contributed by atoms with E-state index in [1.54, 1.807) is 13.0 Å². The monoisotopic (exact) mass is 391 g/mol. The van der Waals surface area contributed by atoms with Crippen molar-refractivity contribution < 1.29 is 14.6 Å². The van der Waals surface area contributed by atoms with Gasteiger partial charge >= 0.3 is 0 Å². The van der Waals surface area contributed by atoms with E-state index in [-0.39, 0.29) is 22.4 Å². The third-order valence-electron chi connectivity index (χ3n) is 2.41. The Hall–Kier alpha value is -1.25. The topological polar surface area (TPSA) is 83.3 Å². The SMILES string of the molecule is CCOc1cc(C=NN=C2NC(=O)CS2)c(Br)c(Cl)c1O. The van der Waals surface area contributed by atoms with Crippen molar-refractivity contribution >= 4 is 56.6 Å². The van der Waals surface area contributed by atoms with Crippen LogP contribution < -0.4 is 10.1 Å². The minimum Gasteiger partial charge on any atom is -0.503 e. The molecule has 2 rings (SSSR count). The van der Waals surface area contributed by atoms with Gasteiger partial charge in [0.2, 0.25) is 5.91 Å². The first-order valence-electron chi connectivity index (χ1n) is 5.90. The lowest BCUT2D eigenvalue weighted by atomic mass is 10.2. The third-order valence-corrected chi connectivity index (χ3v) is 4.72. The Balaban J connectivity index is 2.25. The van der Waals surface area contributed by atoms with E-state index >= 15 is 0 Å². The second-order valence-corrected chi connectivity index (χ2v) is 6.00. The zero-order valence-electron chi connectivity index (χ0n) is 10.9. The van der Waals surface area contributed by atoms with Gasteiger partial charge in [-0.15, -0.1) is 5.10 Å². The van der Waals surface area contributed by atoms with Crippen LogP contribution in [0.3, 0.4) is 0 Å². The molecular formula is C12H11BrClN3O3S. The number of benzene rings is 1. The summed E-state index contributed by atoms with van der Waals surface area (Å²) in [6.07, 6.45) is 1.45. The summed E-state index contributed by atoms with van der Waals surface area (Å²) in [5, 5.41) is 20.8. The number of hydrogen-bond donors (Lipinski definition) is 2. The molecule has 0 radical (unpaired) electrons. The first kappa shape index (κ1) is 16.1. The molecule has 1 aliphatic heterocycles. The van der Waals surface area contributed by atoms with Crippen LogP contribution in [-0.4, -0.2) is 34.8 Å². The number of aromatic hydroxyl groups is 1. The van der Waals surface area contributed by atoms with Crippen LogP contribution in [0.1, 0.15) is 12.5 Å². The predicted molar refractivity (Wildman–Crippen MR) is 87.6 cm³/mol. The quantitative estimate of drug-likeness (QED) is 0.609. The van der Waals surface area contributed by atoms with E-state index in [1.807, 2.05) is 0 Å². The van der Waals surface area contributed by atoms with E-state index < -0.39 is 0 Å². The molecule has 1 aliphatic rings. The van der Waals surface area contributed by atoms with Crippen LogP contribution in [0.15, 0.2) is 20.7 Å². The number of amidine groups is 1. The number of rotatable bonds is 4. The molecule has 1 saturated heterocycles. The number of hydrogen-bond acceptors (Lipinski definition) is 6. The van der Waals surface area contributed by atoms with E-state index in [0.29, 0.717) is 27.6 Å². The van der Waals surface area contributed by atoms with Crippen LogP contribution in [-0.2, 0) is 4.79 Å². The Morgan fingerprint density at radius 3 is 3.05 bits per heavy atom. The summed E-state index contributed by atoms with van der Waals surface area (Å²) in [6, 6.07) is 1.60. The maximum absolute atomic E-state index is 11.0. The van der Waals surface area contributed by atoms with Crippen molar-refractivity contribution in [3.05, 3.63) is 21.1 Å². The number of nitrogens with one attached hydrogen (secondary N) is 1. The van der Waals surface area contributed by atoms with Gasteiger partial charge in [0, 0.05) is 10.0 Å². The number of ether oxygens (including phenoxy) is 1. The van der Waals surface area contributed by atoms with Crippen molar-refractivity contribution in [1.29, 1.82) is 0 Å². The highest BCUT2D eigenvalue weighted by atomic mass is 79.9. The molecule has 0 spiro atoms. The zero-order valence-corrected chi connectivity index (χ0v) is 14.0. The standard InChI is InChI=1S/C12H11BrClN3O3S/c1-2-20-7-3-6(9(13)10(14)11(7)19)4-15-17-12-16-8(18)5-21-12/h3-4,19H,2,5H2,1H3,(H,16,17,18). The molecule has 0 aromatic heterocycles. The van der Waals surface area contributed by atoms with Crippen molar-refractivity contribution in [2.45, 2.75) is 6.92 Å². The Labute approximate surface area is 138 Å². The lowest BCUT2D eigenvalue weighted by Crippen LogP contribution is -2.19. The van der Waals surface area contributed by atoms with Crippen molar-refractivity contribution in [2.24, 2.45) is 10.2 Å². The first-order chi connectivity index (χ1) is 10.0. The summed E-state index contributed by atoms with van der Waals surface area (Å²) in [5.41, 5.74) is 0.597. The molecule has 1 amide bonds. The predicted octanol–water partition coefficient (Wildman–Crippen LogP) is 2.76. The molecule has 9 heteroatoms. The molecule has 1 heterocycles. The van der Waals surface area contributed by atoms with Gasteiger partial charge in [0.05, 0.1) is 18.6 Å². The van der Waals surface area contributed by atoms with Gasteiger partial charge < -0.3 is 15.2 Å². The lowest BCUT2D eigenvalue weighted by molar-refractivity contribution is -0.116. The Kier molecular flexibility index (Phi) is 5.49. The van der Waals surface area contributed by atoms with Gasteiger partial charge in [-0.25, -0.2) is 0 Å². The molecule has 0 atom stereocenters. The minimum atomic E-state index is -0.132. The molecule has 1 aromatic carbocycles. The van der Waals surface area contributed by atoms with Crippen LogP contribution in [0, 0.1) is 0 Å². The third kappa shape index (κ3) is 3.90. The average Bonchev–Trinajstić information content (AvgIpc) is 2.87. The van der Waals surface area contributed by atoms with Gasteiger partial charge in [0.1, 0.15) is 5.02 Å². The van der Waals surface area contributed by atoms with E-state index in [9.17, 15) is 9.90 Å². The number of amides is 1. The Morgan fingerprint density at radius 1 is 1.67 bits per heavy atom. The van der Waals surface area contributed by atoms with E-state index in [0.717, 1.165) is 0 Å². The summed E-state index contributed by atoms with van der Waals surface area (Å²) >= 11 is 10.6. The van der Waals surface area contributed by atoms with Crippen molar-refractivity contribution in [3.63, 3.8) is 0 Å². The van der Waals surface area contributed by atoms with Gasteiger partial charge in [-0.05, 0) is 28.9 Å². The Morgan fingerprint density at radius 2 is 2.43 bits per heavy atom. The fourth-order valence-corrected chi connectivity index (χ4v) is 2.73. The van der Waals surface area contributed by atoms with Crippen molar-refractivity contribution in [2.75, 3.05) is 12.4 Å². The highest BCUT2D eigenvalue weighted by Gasteiger charge is 2.16. The molecule has 112 valence electrons. The van der Waals surface area contributed by atoms with Gasteiger partial charge in [-0.1, -0.05) is 23.4 Å². The first-order valence-corrected chi connectivity index (χ1v) is 8.06. The fraction of sp³-hybridized carbons (Fsp3) is 0.250. The molecule has 0 saturated carbocycles. The maximum atomic E-state index is 11.0. The molecule has 0 unspecified atom stereocenters. The summed E-state index contributed by atoms with van der Waals surface area (Å²) < 4.78 is 5.78. The molecule has 1 fully saturated rings. The van der Waals surface area contributed by atoms with E-state index in [1.165, 1.54) is 18.0 Å². The van der Waals surface area contributed by atoms with Crippen LogP contribution in [0.25, 0.3) is 0 Å². The van der Waals surface area contributed by atoms with E-state index in [2.05, 4.69) is 31.4 Å². The highest BCUT2D eigenvalue weighted by Crippen LogP contribution is 2.41. The molecule has 2 N–H and O–H groups in total. The number of phenols is 1. The van der Waals surface area contributed by atoms with Gasteiger partial charge in [0.15, 0.2) is 16.7 Å². The summed E-state index contributed by atoms with van der Waals surface area (Å²) in [4.78, 5) is 11.0. The molecule has 1 aromatic rings. The van der Waals surface area contributed by atoms with Crippen molar-refractivity contribution in [3.8, 4) is 11.5 Å². The van der Waals surface area contributed by atoms with E-state index in [4.69, 9.17) is 16.3 Å². The summed E-state index contributed by atoms with van der Waals surface area (Å²) in [7, 11) is 0. The molecule has 6 nitrogen and oxygen atoms in total. The van der Waals surface area contributed by atoms with Gasteiger partial charge in [-0.2, -0.15) is 5.10 Å². The van der Waals surface area contributed by atoms with Gasteiger partial charge in [0.25, 0.3) is 0 Å². The molecule has 0 bridgehead atoms. The fourth-order valence-electron chi connectivity index (χ4n) is 1.49. The second-order valence-electron chi connectivity index (χ2n) is 3.86. The Bertz CT molecular complexity index is 637. The normalized spacial score (nSPS) is 16.7. The number of halogens is 2. The number of carbonyl (C=O) groups excluding carboxylic acids is 1. The number of nitrogens with zero attached hydrogens (tertiary/aromatic N) is 2. The highest BCUT2D eigenvalue weighted by molar-refractivity contribution is 9.10. The minimum absolute atomic E-state index is 0.0959. The van der Waals surface area contributed by atoms with Crippen molar-refractivity contribution in [1.82, 2.24) is 5.32 Å². The van der Waals surface area contributed by atoms with Gasteiger partial charge in [-0.3, -0.25) is 4.79 Å². The van der Waals surface area contributed by atoms with Crippen LogP contribution >= 0.6 is 39.3 Å². The number of thioether (sulfide) groups is 1. The second kappa shape index (κ2) is 7.15. The maximum Gasteiger partial charge on any atom is 0.236 e. The van der Waals surface area contributed by atoms with Crippen LogP contribution in [0.2, 0.25) is 5.02 Å². The molecule has 0 aliphatic carbocycles. The molecule has 21 heavy (non-hydrogen) atoms. The summed E-state index contributed by atoms with van der Waals surface area (Å²) in [6.45, 7) is 2.20. The average molecular weight is 393 g/mol. The largest absolute Gasteiger partial charge is 0.503 e. The lowest BCUT2D eigenvalue weighted by Gasteiger charge is -2.10. The summed E-state index contributed by atoms with van der Waals surface area (Å²) in [5.74, 6) is 0.384. The van der Waals surface area contributed by atoms with Crippen LogP contribution in [0.4, 0.5) is 0 Å².